The summed E-state index contributed by atoms with van der Waals surface area (Å²) in [6.45, 7) is 0. The van der Waals surface area contributed by atoms with E-state index in [2.05, 4.69) is 161 Å². The van der Waals surface area contributed by atoms with E-state index in [0.29, 0.717) is 0 Å². The summed E-state index contributed by atoms with van der Waals surface area (Å²) in [7, 11) is 0. The predicted octanol–water partition coefficient (Wildman–Crippen LogP) is 11.8. The molecular weight excluding hydrogens is 583 g/mol. The number of rotatable bonds is 3. The summed E-state index contributed by atoms with van der Waals surface area (Å²) in [5.41, 5.74) is 9.18. The Hall–Kier alpha value is -6.45. The molecule has 0 amide bonds. The van der Waals surface area contributed by atoms with Gasteiger partial charge in [-0.1, -0.05) is 91.0 Å². The standard InChI is InChI=1S/C45H27N3/c1-2-10-34(11-3-1)47-41-22-19-30(33-24-31-17-15-28-8-6-9-29-16-18-32(25-33)44(31)43(28)29)26-39(41)37-21-20-35(27-42(37)47)48-40-14-5-4-12-36(40)38-13-7-23-46-45(38)48/h1-27H. The molecule has 3 heteroatoms. The molecule has 0 aliphatic carbocycles. The van der Waals surface area contributed by atoms with Crippen LogP contribution in [0.25, 0.3) is 98.6 Å². The van der Waals surface area contributed by atoms with Crippen LogP contribution in [0.5, 0.6) is 0 Å². The van der Waals surface area contributed by atoms with Gasteiger partial charge in [-0.3, -0.25) is 4.57 Å². The molecule has 0 unspecified atom stereocenters. The number of aromatic nitrogens is 3. The third-order valence-electron chi connectivity index (χ3n) is 10.3. The Morgan fingerprint density at radius 2 is 1.04 bits per heavy atom. The van der Waals surface area contributed by atoms with Crippen LogP contribution >= 0.6 is 0 Å². The molecule has 0 atom stereocenters. The molecular formula is C45H27N3. The maximum atomic E-state index is 4.85. The minimum Gasteiger partial charge on any atom is -0.309 e. The van der Waals surface area contributed by atoms with Crippen LogP contribution in [0.2, 0.25) is 0 Å². The summed E-state index contributed by atoms with van der Waals surface area (Å²) in [6.07, 6.45) is 1.89. The lowest BCUT2D eigenvalue weighted by Gasteiger charge is -2.13. The molecule has 0 aliphatic rings. The molecule has 11 aromatic rings. The van der Waals surface area contributed by atoms with Gasteiger partial charge in [-0.25, -0.2) is 4.98 Å². The normalized spacial score (nSPS) is 12.2. The number of hydrogen-bond donors (Lipinski definition) is 0. The first-order chi connectivity index (χ1) is 23.8. The number of para-hydroxylation sites is 2. The molecule has 0 aliphatic heterocycles. The van der Waals surface area contributed by atoms with Crippen LogP contribution in [0.1, 0.15) is 0 Å². The van der Waals surface area contributed by atoms with Gasteiger partial charge in [0.25, 0.3) is 0 Å². The lowest BCUT2D eigenvalue weighted by molar-refractivity contribution is 1.13. The molecule has 11 rings (SSSR count). The summed E-state index contributed by atoms with van der Waals surface area (Å²) in [6, 6.07) is 57.7. The van der Waals surface area contributed by atoms with Gasteiger partial charge in [-0.05, 0) is 110 Å². The third kappa shape index (κ3) is 3.50. The van der Waals surface area contributed by atoms with Crippen molar-refractivity contribution >= 4 is 76.1 Å². The van der Waals surface area contributed by atoms with Gasteiger partial charge in [0.05, 0.1) is 16.6 Å². The highest BCUT2D eigenvalue weighted by Gasteiger charge is 2.18. The first-order valence-corrected chi connectivity index (χ1v) is 16.5. The first kappa shape index (κ1) is 25.7. The summed E-state index contributed by atoms with van der Waals surface area (Å²) >= 11 is 0. The van der Waals surface area contributed by atoms with Crippen LogP contribution < -0.4 is 0 Å². The first-order valence-electron chi connectivity index (χ1n) is 16.5. The maximum absolute atomic E-state index is 4.85. The molecule has 48 heavy (non-hydrogen) atoms. The van der Waals surface area contributed by atoms with E-state index in [-0.39, 0.29) is 0 Å². The second kappa shape index (κ2) is 9.54. The predicted molar refractivity (Wildman–Crippen MR) is 202 cm³/mol. The Labute approximate surface area is 275 Å². The van der Waals surface area contributed by atoms with Crippen molar-refractivity contribution in [3.05, 3.63) is 164 Å². The van der Waals surface area contributed by atoms with Crippen molar-refractivity contribution in [1.29, 1.82) is 0 Å². The lowest BCUT2D eigenvalue weighted by Crippen LogP contribution is -1.97. The average Bonchev–Trinajstić information content (AvgIpc) is 3.66. The summed E-state index contributed by atoms with van der Waals surface area (Å²) in [5, 5.41) is 12.7. The lowest BCUT2D eigenvalue weighted by atomic mass is 9.91. The van der Waals surface area contributed by atoms with Crippen LogP contribution in [-0.2, 0) is 0 Å². The number of hydrogen-bond acceptors (Lipinski definition) is 1. The van der Waals surface area contributed by atoms with Gasteiger partial charge < -0.3 is 4.57 Å². The highest BCUT2D eigenvalue weighted by atomic mass is 15.1. The molecule has 222 valence electrons. The molecule has 0 spiro atoms. The van der Waals surface area contributed by atoms with Crippen LogP contribution in [0, 0.1) is 0 Å². The van der Waals surface area contributed by atoms with Gasteiger partial charge >= 0.3 is 0 Å². The van der Waals surface area contributed by atoms with Crippen LogP contribution in [0.15, 0.2) is 164 Å². The fraction of sp³-hybridized carbons (Fsp3) is 0. The van der Waals surface area contributed by atoms with Crippen molar-refractivity contribution in [2.75, 3.05) is 0 Å². The van der Waals surface area contributed by atoms with Gasteiger partial charge in [0, 0.05) is 39.1 Å². The smallest absolute Gasteiger partial charge is 0.145 e. The van der Waals surface area contributed by atoms with Crippen molar-refractivity contribution in [3.63, 3.8) is 0 Å². The number of pyridine rings is 1. The average molecular weight is 610 g/mol. The van der Waals surface area contributed by atoms with Gasteiger partial charge in [0.15, 0.2) is 0 Å². The molecule has 8 aromatic carbocycles. The van der Waals surface area contributed by atoms with E-state index >= 15 is 0 Å². The van der Waals surface area contributed by atoms with Gasteiger partial charge in [0.2, 0.25) is 0 Å². The third-order valence-corrected chi connectivity index (χ3v) is 10.3. The van der Waals surface area contributed by atoms with Gasteiger partial charge in [-0.2, -0.15) is 0 Å². The number of fused-ring (bicyclic) bond motifs is 6. The monoisotopic (exact) mass is 609 g/mol. The zero-order valence-corrected chi connectivity index (χ0v) is 25.9. The van der Waals surface area contributed by atoms with E-state index in [4.69, 9.17) is 4.98 Å². The number of nitrogens with zero attached hydrogens (tertiary/aromatic N) is 3. The second-order valence-electron chi connectivity index (χ2n) is 12.8. The van der Waals surface area contributed by atoms with Gasteiger partial charge in [0.1, 0.15) is 5.65 Å². The van der Waals surface area contributed by atoms with Gasteiger partial charge in [-0.15, -0.1) is 0 Å². The molecule has 0 N–H and O–H groups in total. The Morgan fingerprint density at radius 3 is 1.88 bits per heavy atom. The molecule has 3 heterocycles. The zero-order chi connectivity index (χ0) is 31.3. The summed E-state index contributed by atoms with van der Waals surface area (Å²) < 4.78 is 4.70. The SMILES string of the molecule is c1ccc(-n2c3ccc(-c4cc5ccc6cccc7ccc(c4)c5c67)cc3c3ccc(-n4c5ccccc5c5cccnc54)cc32)cc1. The minimum atomic E-state index is 0.969. The second-order valence-corrected chi connectivity index (χ2v) is 12.8. The molecule has 3 aromatic heterocycles. The topological polar surface area (TPSA) is 22.8 Å². The van der Waals surface area contributed by atoms with E-state index in [1.807, 2.05) is 12.3 Å². The summed E-state index contributed by atoms with van der Waals surface area (Å²) in [4.78, 5) is 4.85. The highest BCUT2D eigenvalue weighted by molar-refractivity contribution is 6.24. The Balaban J connectivity index is 1.17. The molecule has 0 saturated heterocycles. The van der Waals surface area contributed by atoms with E-state index in [0.717, 1.165) is 27.9 Å². The minimum absolute atomic E-state index is 0.969. The van der Waals surface area contributed by atoms with Crippen molar-refractivity contribution in [1.82, 2.24) is 14.1 Å². The van der Waals surface area contributed by atoms with Crippen LogP contribution in [-0.4, -0.2) is 14.1 Å². The van der Waals surface area contributed by atoms with E-state index in [9.17, 15) is 0 Å². The molecule has 0 saturated carbocycles. The van der Waals surface area contributed by atoms with Crippen molar-refractivity contribution < 1.29 is 0 Å². The van der Waals surface area contributed by atoms with Crippen molar-refractivity contribution in [2.24, 2.45) is 0 Å². The summed E-state index contributed by atoms with van der Waals surface area (Å²) in [5.74, 6) is 0. The van der Waals surface area contributed by atoms with Crippen molar-refractivity contribution in [2.45, 2.75) is 0 Å². The Kier molecular flexibility index (Phi) is 5.11. The molecule has 0 fully saturated rings. The Morgan fingerprint density at radius 1 is 0.354 bits per heavy atom. The number of benzene rings is 8. The van der Waals surface area contributed by atoms with Crippen LogP contribution in [0.4, 0.5) is 0 Å². The molecule has 3 nitrogen and oxygen atoms in total. The highest BCUT2D eigenvalue weighted by Crippen LogP contribution is 2.40. The van der Waals surface area contributed by atoms with E-state index in [1.54, 1.807) is 0 Å². The van der Waals surface area contributed by atoms with E-state index in [1.165, 1.54) is 70.6 Å². The Bertz CT molecular complexity index is 2940. The largest absolute Gasteiger partial charge is 0.309 e. The molecule has 0 bridgehead atoms. The maximum Gasteiger partial charge on any atom is 0.145 e. The fourth-order valence-corrected chi connectivity index (χ4v) is 8.16. The van der Waals surface area contributed by atoms with Crippen LogP contribution in [0.3, 0.4) is 0 Å². The molecule has 0 radical (unpaired) electrons. The van der Waals surface area contributed by atoms with E-state index < -0.39 is 0 Å². The fourth-order valence-electron chi connectivity index (χ4n) is 8.16. The quantitative estimate of drug-likeness (QED) is 0.183. The zero-order valence-electron chi connectivity index (χ0n) is 25.9. The van der Waals surface area contributed by atoms with Crippen molar-refractivity contribution in [3.8, 4) is 22.5 Å².